The van der Waals surface area contributed by atoms with Gasteiger partial charge in [-0.2, -0.15) is 0 Å². The van der Waals surface area contributed by atoms with Crippen molar-refractivity contribution < 1.29 is 19.1 Å². The summed E-state index contributed by atoms with van der Waals surface area (Å²) in [6.45, 7) is 7.25. The van der Waals surface area contributed by atoms with E-state index >= 15 is 0 Å². The van der Waals surface area contributed by atoms with Crippen LogP contribution < -0.4 is 5.43 Å². The summed E-state index contributed by atoms with van der Waals surface area (Å²) in [5.41, 5.74) is 1.41. The third-order valence-corrected chi connectivity index (χ3v) is 6.62. The highest BCUT2D eigenvalue weighted by Gasteiger charge is 2.27. The largest absolute Gasteiger partial charge is 0.506 e. The van der Waals surface area contributed by atoms with Gasteiger partial charge in [-0.25, -0.2) is 4.79 Å². The Bertz CT molecular complexity index is 1550. The van der Waals surface area contributed by atoms with Crippen molar-refractivity contribution in [2.45, 2.75) is 6.42 Å². The first-order valence-electron chi connectivity index (χ1n) is 10.2. The van der Waals surface area contributed by atoms with Crippen LogP contribution in [-0.4, -0.2) is 17.7 Å². The molecule has 5 nitrogen and oxygen atoms in total. The lowest BCUT2D eigenvalue weighted by molar-refractivity contribution is 0.0550. The number of esters is 1. The molecular weight excluding hydrogens is 534 g/mol. The molecule has 1 heterocycles. The van der Waals surface area contributed by atoms with Crippen molar-refractivity contribution in [1.29, 1.82) is 0 Å². The lowest BCUT2D eigenvalue weighted by Gasteiger charge is -2.20. The molecule has 2 aliphatic rings. The number of carbonyl (C=O) groups excluding carboxylic acids is 1. The Hall–Kier alpha value is -2.96. The third-order valence-electron chi connectivity index (χ3n) is 5.32. The molecule has 0 fully saturated rings. The van der Waals surface area contributed by atoms with E-state index in [9.17, 15) is 14.7 Å². The van der Waals surface area contributed by atoms with Crippen LogP contribution in [0, 0.1) is 0 Å². The fourth-order valence-corrected chi connectivity index (χ4v) is 4.52. The minimum atomic E-state index is -0.678. The van der Waals surface area contributed by atoms with Gasteiger partial charge in [0.05, 0.1) is 25.7 Å². The molecular formula is C26H16Cl4O5. The van der Waals surface area contributed by atoms with Gasteiger partial charge in [-0.05, 0) is 36.2 Å². The maximum absolute atomic E-state index is 13.0. The molecule has 0 bridgehead atoms. The standard InChI is InChI=1S/C26H16Cl4O5/c1-3-5-12-24(32)20(30)10-16-23(15-9-19(29)21(31)11-22(15)35-25(12)16)13-7-17(27)18(28)8-14(13)26(33)34-6-4-2/h3-4,7-11,32H,1-2,5-6H2. The Morgan fingerprint density at radius 2 is 1.63 bits per heavy atom. The van der Waals surface area contributed by atoms with Crippen LogP contribution in [0.4, 0.5) is 0 Å². The van der Waals surface area contributed by atoms with Gasteiger partial charge in [-0.3, -0.25) is 4.79 Å². The van der Waals surface area contributed by atoms with Crippen molar-refractivity contribution in [3.05, 3.63) is 97.1 Å². The number of halogens is 4. The molecule has 1 N–H and O–H groups in total. The number of phenolic OH excluding ortho intramolecular Hbond substituents is 1. The maximum atomic E-state index is 13.0. The molecule has 0 saturated heterocycles. The Balaban J connectivity index is 2.24. The predicted molar refractivity (Wildman–Crippen MR) is 141 cm³/mol. The molecule has 35 heavy (non-hydrogen) atoms. The van der Waals surface area contributed by atoms with Crippen molar-refractivity contribution in [3.63, 3.8) is 0 Å². The molecule has 2 aromatic carbocycles. The molecule has 178 valence electrons. The number of fused-ring (bicyclic) bond motifs is 2. The van der Waals surface area contributed by atoms with E-state index in [-0.39, 0.29) is 55.8 Å². The zero-order valence-corrected chi connectivity index (χ0v) is 21.0. The molecule has 0 saturated carbocycles. The van der Waals surface area contributed by atoms with Crippen LogP contribution >= 0.6 is 46.4 Å². The van der Waals surface area contributed by atoms with Crippen molar-refractivity contribution in [3.8, 4) is 28.2 Å². The lowest BCUT2D eigenvalue weighted by atomic mass is 9.89. The highest BCUT2D eigenvalue weighted by atomic mass is 35.5. The third kappa shape index (κ3) is 4.53. The molecule has 0 radical (unpaired) electrons. The summed E-state index contributed by atoms with van der Waals surface area (Å²) in [4.78, 5) is 25.3. The Morgan fingerprint density at radius 1 is 0.943 bits per heavy atom. The second kappa shape index (κ2) is 9.96. The molecule has 9 heteroatoms. The molecule has 0 amide bonds. The molecule has 0 unspecified atom stereocenters. The number of hydrogen-bond donors (Lipinski definition) is 1. The van der Waals surface area contributed by atoms with Crippen LogP contribution in [0.25, 0.3) is 33.4 Å². The fraction of sp³-hybridized carbons (Fsp3) is 0.0769. The van der Waals surface area contributed by atoms with Crippen molar-refractivity contribution in [2.24, 2.45) is 0 Å². The lowest BCUT2D eigenvalue weighted by Crippen LogP contribution is -2.09. The zero-order valence-electron chi connectivity index (χ0n) is 18.0. The van der Waals surface area contributed by atoms with Gasteiger partial charge >= 0.3 is 5.97 Å². The normalized spacial score (nSPS) is 11.1. The summed E-state index contributed by atoms with van der Waals surface area (Å²) < 4.78 is 11.3. The van der Waals surface area contributed by atoms with E-state index in [1.807, 2.05) is 0 Å². The Morgan fingerprint density at radius 3 is 2.31 bits per heavy atom. The van der Waals surface area contributed by atoms with Crippen LogP contribution in [0.3, 0.4) is 0 Å². The number of carbonyl (C=O) groups is 1. The van der Waals surface area contributed by atoms with Gasteiger partial charge in [0.15, 0.2) is 0 Å². The molecule has 1 aliphatic carbocycles. The van der Waals surface area contributed by atoms with Gasteiger partial charge in [-0.1, -0.05) is 65.1 Å². The summed E-state index contributed by atoms with van der Waals surface area (Å²) in [6, 6.07) is 7.07. The first kappa shape index (κ1) is 25.1. The maximum Gasteiger partial charge on any atom is 0.339 e. The molecule has 0 atom stereocenters. The molecule has 4 rings (SSSR count). The summed E-state index contributed by atoms with van der Waals surface area (Å²) >= 11 is 25.2. The first-order valence-corrected chi connectivity index (χ1v) is 11.7. The SMILES string of the molecule is C=CCOC(=O)c1cc(Cl)c(Cl)cc1-c1c2cc(Cl)c(=O)cc-2oc2c(CC=C)c(O)c(Cl)cc12. The van der Waals surface area contributed by atoms with E-state index in [1.165, 1.54) is 36.4 Å². The average Bonchev–Trinajstić information content (AvgIpc) is 2.82. The average molecular weight is 550 g/mol. The summed E-state index contributed by atoms with van der Waals surface area (Å²) in [5.74, 6) is -0.696. The van der Waals surface area contributed by atoms with Crippen LogP contribution in [0.15, 0.2) is 64.9 Å². The number of phenols is 1. The second-order valence-corrected chi connectivity index (χ2v) is 9.14. The van der Waals surface area contributed by atoms with Crippen LogP contribution in [0.1, 0.15) is 15.9 Å². The smallest absolute Gasteiger partial charge is 0.339 e. The van der Waals surface area contributed by atoms with Crippen LogP contribution in [0.2, 0.25) is 20.1 Å². The highest BCUT2D eigenvalue weighted by molar-refractivity contribution is 6.42. The second-order valence-electron chi connectivity index (χ2n) is 7.51. The monoisotopic (exact) mass is 548 g/mol. The van der Waals surface area contributed by atoms with E-state index in [0.29, 0.717) is 27.6 Å². The fourth-order valence-electron chi connectivity index (χ4n) is 3.81. The quantitative estimate of drug-likeness (QED) is 0.150. The Kier molecular flexibility index (Phi) is 7.15. The number of ether oxygens (including phenoxy) is 1. The zero-order chi connectivity index (χ0) is 25.4. The van der Waals surface area contributed by atoms with Gasteiger partial charge in [0, 0.05) is 28.1 Å². The van der Waals surface area contributed by atoms with Gasteiger partial charge in [0.2, 0.25) is 5.43 Å². The van der Waals surface area contributed by atoms with Gasteiger partial charge < -0.3 is 14.3 Å². The first-order chi connectivity index (χ1) is 16.7. The van der Waals surface area contributed by atoms with Gasteiger partial charge in [0.25, 0.3) is 0 Å². The summed E-state index contributed by atoms with van der Waals surface area (Å²) in [6.07, 6.45) is 3.22. The summed E-state index contributed by atoms with van der Waals surface area (Å²) in [5, 5.41) is 11.4. The van der Waals surface area contributed by atoms with Crippen molar-refractivity contribution >= 4 is 63.3 Å². The van der Waals surface area contributed by atoms with Gasteiger partial charge in [-0.15, -0.1) is 6.58 Å². The van der Waals surface area contributed by atoms with E-state index in [4.69, 9.17) is 55.6 Å². The highest BCUT2D eigenvalue weighted by Crippen LogP contribution is 2.47. The number of benzene rings is 3. The minimum absolute atomic E-state index is 0.0291. The molecule has 0 aromatic heterocycles. The molecule has 0 spiro atoms. The van der Waals surface area contributed by atoms with Crippen LogP contribution in [0.5, 0.6) is 5.75 Å². The van der Waals surface area contributed by atoms with E-state index < -0.39 is 11.4 Å². The predicted octanol–water partition coefficient (Wildman–Crippen LogP) is 7.96. The topological polar surface area (TPSA) is 76.7 Å². The van der Waals surface area contributed by atoms with Crippen molar-refractivity contribution in [2.75, 3.05) is 6.61 Å². The number of allylic oxidation sites excluding steroid dienone is 1. The minimum Gasteiger partial charge on any atom is -0.506 e. The number of aromatic hydroxyl groups is 1. The Labute approximate surface area is 220 Å². The molecule has 2 aromatic rings. The van der Waals surface area contributed by atoms with E-state index in [1.54, 1.807) is 6.08 Å². The van der Waals surface area contributed by atoms with Crippen LogP contribution in [-0.2, 0) is 11.2 Å². The van der Waals surface area contributed by atoms with Crippen molar-refractivity contribution in [1.82, 2.24) is 0 Å². The number of hydrogen-bond acceptors (Lipinski definition) is 5. The van der Waals surface area contributed by atoms with Gasteiger partial charge in [0.1, 0.15) is 23.7 Å². The molecule has 1 aliphatic heterocycles. The number of rotatable bonds is 6. The van der Waals surface area contributed by atoms with E-state index in [0.717, 1.165) is 0 Å². The van der Waals surface area contributed by atoms with E-state index in [2.05, 4.69) is 13.2 Å². The summed E-state index contributed by atoms with van der Waals surface area (Å²) in [7, 11) is 0.